The fourth-order valence-electron chi connectivity index (χ4n) is 4.56. The van der Waals surface area contributed by atoms with Crippen molar-refractivity contribution in [3.8, 4) is 5.75 Å². The van der Waals surface area contributed by atoms with Gasteiger partial charge in [-0.3, -0.25) is 9.59 Å². The van der Waals surface area contributed by atoms with E-state index in [4.69, 9.17) is 4.74 Å². The van der Waals surface area contributed by atoms with Crippen LogP contribution in [0.5, 0.6) is 5.75 Å². The number of fused-ring (bicyclic) bond motifs is 2. The number of amides is 2. The third-order valence-corrected chi connectivity index (χ3v) is 6.27. The summed E-state index contributed by atoms with van der Waals surface area (Å²) in [5.41, 5.74) is 0.626. The van der Waals surface area contributed by atoms with Crippen molar-refractivity contribution in [1.29, 1.82) is 0 Å². The van der Waals surface area contributed by atoms with Crippen LogP contribution in [0.4, 0.5) is 0 Å². The summed E-state index contributed by atoms with van der Waals surface area (Å²) >= 11 is 0. The number of benzene rings is 1. The first-order valence-corrected chi connectivity index (χ1v) is 11.4. The minimum atomic E-state index is -0.0439. The Hall–Kier alpha value is -2.04. The second-order valence-electron chi connectivity index (χ2n) is 8.48. The zero-order chi connectivity index (χ0) is 20.6. The van der Waals surface area contributed by atoms with Crippen LogP contribution in [0, 0.1) is 0 Å². The van der Waals surface area contributed by atoms with Crippen LogP contribution in [0.2, 0.25) is 0 Å². The monoisotopic (exact) mass is 400 g/mol. The van der Waals surface area contributed by atoms with Crippen LogP contribution in [0.3, 0.4) is 0 Å². The lowest BCUT2D eigenvalue weighted by Crippen LogP contribution is -2.51. The summed E-state index contributed by atoms with van der Waals surface area (Å²) in [4.78, 5) is 29.9. The second-order valence-corrected chi connectivity index (χ2v) is 8.48. The molecule has 1 aromatic carbocycles. The van der Waals surface area contributed by atoms with Crippen LogP contribution in [-0.2, 0) is 4.79 Å². The fraction of sp³-hybridized carbons (Fsp3) is 0.667. The maximum absolute atomic E-state index is 13.1. The number of para-hydroxylation sites is 1. The summed E-state index contributed by atoms with van der Waals surface area (Å²) in [6.07, 6.45) is 9.75. The molecule has 2 aliphatic rings. The average molecular weight is 401 g/mol. The maximum Gasteiger partial charge on any atom is 0.257 e. The first-order valence-electron chi connectivity index (χ1n) is 11.4. The van der Waals surface area contributed by atoms with Gasteiger partial charge in [0.05, 0.1) is 11.6 Å². The number of nitrogens with zero attached hydrogens (tertiary/aromatic N) is 2. The Morgan fingerprint density at radius 3 is 2.66 bits per heavy atom. The van der Waals surface area contributed by atoms with Gasteiger partial charge >= 0.3 is 0 Å². The number of hydrogen-bond acceptors (Lipinski definition) is 3. The molecule has 1 aromatic rings. The molecule has 0 N–H and O–H groups in total. The predicted molar refractivity (Wildman–Crippen MR) is 115 cm³/mol. The predicted octanol–water partition coefficient (Wildman–Crippen LogP) is 4.65. The second kappa shape index (κ2) is 10.7. The molecule has 0 unspecified atom stereocenters. The fourth-order valence-corrected chi connectivity index (χ4v) is 4.56. The molecule has 0 saturated heterocycles. The van der Waals surface area contributed by atoms with Gasteiger partial charge in [-0.15, -0.1) is 0 Å². The highest BCUT2D eigenvalue weighted by atomic mass is 16.5. The van der Waals surface area contributed by atoms with E-state index in [0.717, 1.165) is 64.3 Å². The summed E-state index contributed by atoms with van der Waals surface area (Å²) in [6, 6.07) is 7.67. The highest BCUT2D eigenvalue weighted by Crippen LogP contribution is 2.31. The van der Waals surface area contributed by atoms with Crippen LogP contribution in [0.25, 0.3) is 0 Å². The van der Waals surface area contributed by atoms with E-state index in [2.05, 4.69) is 11.8 Å². The van der Waals surface area contributed by atoms with Crippen LogP contribution >= 0.6 is 0 Å². The lowest BCUT2D eigenvalue weighted by atomic mass is 9.90. The van der Waals surface area contributed by atoms with E-state index in [1.165, 1.54) is 0 Å². The Morgan fingerprint density at radius 1 is 1.07 bits per heavy atom. The van der Waals surface area contributed by atoms with Crippen LogP contribution < -0.4 is 4.74 Å². The van der Waals surface area contributed by atoms with E-state index in [1.54, 1.807) is 4.90 Å². The number of hydrogen-bond donors (Lipinski definition) is 0. The molecular weight excluding hydrogens is 364 g/mol. The van der Waals surface area contributed by atoms with Crippen molar-refractivity contribution in [1.82, 2.24) is 9.80 Å². The normalized spacial score (nSPS) is 23.3. The maximum atomic E-state index is 13.1. The van der Waals surface area contributed by atoms with Crippen molar-refractivity contribution < 1.29 is 14.3 Å². The summed E-state index contributed by atoms with van der Waals surface area (Å²) in [6.45, 7) is 3.62. The smallest absolute Gasteiger partial charge is 0.257 e. The molecule has 0 aromatic heterocycles. The van der Waals surface area contributed by atoms with Gasteiger partial charge in [0.15, 0.2) is 0 Å². The van der Waals surface area contributed by atoms with Gasteiger partial charge < -0.3 is 14.5 Å². The van der Waals surface area contributed by atoms with Gasteiger partial charge in [0.25, 0.3) is 5.91 Å². The number of carbonyl (C=O) groups is 2. The van der Waals surface area contributed by atoms with Gasteiger partial charge in [-0.05, 0) is 50.7 Å². The highest BCUT2D eigenvalue weighted by molar-refractivity contribution is 5.96. The number of carbonyl (C=O) groups excluding carboxylic acids is 2. The molecule has 5 nitrogen and oxygen atoms in total. The topological polar surface area (TPSA) is 49.9 Å². The molecule has 1 aliphatic heterocycles. The largest absolute Gasteiger partial charge is 0.487 e. The molecule has 0 bridgehead atoms. The van der Waals surface area contributed by atoms with Crippen LogP contribution in [0.15, 0.2) is 24.3 Å². The van der Waals surface area contributed by atoms with E-state index >= 15 is 0 Å². The first-order chi connectivity index (χ1) is 14.1. The number of unbranched alkanes of at least 4 members (excludes halogenated alkanes) is 2. The Kier molecular flexibility index (Phi) is 7.96. The molecule has 1 fully saturated rings. The quantitative estimate of drug-likeness (QED) is 0.691. The van der Waals surface area contributed by atoms with E-state index in [1.807, 2.05) is 31.3 Å². The molecule has 1 saturated carbocycles. The molecule has 2 amide bonds. The highest BCUT2D eigenvalue weighted by Gasteiger charge is 2.35. The minimum Gasteiger partial charge on any atom is -0.487 e. The Labute approximate surface area is 175 Å². The third-order valence-electron chi connectivity index (χ3n) is 6.27. The van der Waals surface area contributed by atoms with Gasteiger partial charge in [-0.25, -0.2) is 0 Å². The van der Waals surface area contributed by atoms with E-state index in [-0.39, 0.29) is 24.0 Å². The van der Waals surface area contributed by atoms with Crippen molar-refractivity contribution in [2.75, 3.05) is 20.1 Å². The molecule has 5 heteroatoms. The summed E-state index contributed by atoms with van der Waals surface area (Å²) in [7, 11) is 1.85. The van der Waals surface area contributed by atoms with Gasteiger partial charge in [-0.1, -0.05) is 38.3 Å². The Morgan fingerprint density at radius 2 is 1.83 bits per heavy atom. The van der Waals surface area contributed by atoms with E-state index in [9.17, 15) is 9.59 Å². The molecule has 0 spiro atoms. The molecule has 1 heterocycles. The minimum absolute atomic E-state index is 0.0148. The summed E-state index contributed by atoms with van der Waals surface area (Å²) < 4.78 is 6.46. The van der Waals surface area contributed by atoms with E-state index < -0.39 is 0 Å². The zero-order valence-electron chi connectivity index (χ0n) is 18.1. The molecule has 160 valence electrons. The lowest BCUT2D eigenvalue weighted by molar-refractivity contribution is -0.137. The molecule has 29 heavy (non-hydrogen) atoms. The zero-order valence-corrected chi connectivity index (χ0v) is 18.1. The lowest BCUT2D eigenvalue weighted by Gasteiger charge is -2.40. The number of ether oxygens (including phenoxy) is 1. The van der Waals surface area contributed by atoms with Crippen LogP contribution in [-0.4, -0.2) is 53.9 Å². The number of rotatable bonds is 4. The van der Waals surface area contributed by atoms with Crippen molar-refractivity contribution in [3.05, 3.63) is 29.8 Å². The van der Waals surface area contributed by atoms with Crippen molar-refractivity contribution in [2.45, 2.75) is 83.3 Å². The molecule has 0 radical (unpaired) electrons. The van der Waals surface area contributed by atoms with Crippen molar-refractivity contribution >= 4 is 11.8 Å². The molecule has 1 aliphatic carbocycles. The molecular formula is C24H36N2O3. The summed E-state index contributed by atoms with van der Waals surface area (Å²) in [5.74, 6) is 0.940. The molecule has 2 atom stereocenters. The first kappa shape index (κ1) is 21.7. The third kappa shape index (κ3) is 5.52. The van der Waals surface area contributed by atoms with Crippen molar-refractivity contribution in [3.63, 3.8) is 0 Å². The van der Waals surface area contributed by atoms with Crippen LogP contribution in [0.1, 0.15) is 81.5 Å². The Bertz CT molecular complexity index is 690. The van der Waals surface area contributed by atoms with Crippen molar-refractivity contribution in [2.24, 2.45) is 0 Å². The molecule has 3 rings (SSSR count). The summed E-state index contributed by atoms with van der Waals surface area (Å²) in [5, 5.41) is 0. The average Bonchev–Trinajstić information content (AvgIpc) is 2.73. The van der Waals surface area contributed by atoms with E-state index in [0.29, 0.717) is 24.3 Å². The van der Waals surface area contributed by atoms with Gasteiger partial charge in [0.2, 0.25) is 5.91 Å². The van der Waals surface area contributed by atoms with Gasteiger partial charge in [-0.2, -0.15) is 0 Å². The van der Waals surface area contributed by atoms with Gasteiger partial charge in [0.1, 0.15) is 11.9 Å². The Balaban J connectivity index is 1.87. The van der Waals surface area contributed by atoms with Gasteiger partial charge in [0, 0.05) is 26.6 Å². The SMILES string of the molecule is CCCCCC(=O)N1CCCCN(C)C(=O)c2ccccc2O[C@H]2CCCC[C@H]21. The standard InChI is InChI=1S/C24H36N2O3/c1-3-4-5-16-23(27)26-18-11-10-17-25(2)24(28)19-12-6-8-14-21(19)29-22-15-9-7-13-20(22)26/h6,8,12,14,20,22H,3-5,7,9-11,13,15-18H2,1-2H3/t20-,22+/m1/s1.